The molecule has 3 aromatic carbocycles. The van der Waals surface area contributed by atoms with Crippen molar-refractivity contribution in [3.63, 3.8) is 0 Å². The molecule has 144 valence electrons. The number of carbonyl (C=O) groups is 1. The minimum absolute atomic E-state index is 0.0102. The fraction of sp³-hybridized carbons (Fsp3) is 0.0952. The lowest BCUT2D eigenvalue weighted by Crippen LogP contribution is -2.30. The summed E-state index contributed by atoms with van der Waals surface area (Å²) in [7, 11) is -2.63. The first-order valence-electron chi connectivity index (χ1n) is 8.42. The van der Waals surface area contributed by atoms with Crippen molar-refractivity contribution in [2.45, 2.75) is 11.4 Å². The van der Waals surface area contributed by atoms with E-state index in [0.29, 0.717) is 16.8 Å². The number of carbonyl (C=O) groups excluding carboxylic acids is 1. The molecule has 3 rings (SSSR count). The molecule has 7 heteroatoms. The number of rotatable bonds is 6. The molecule has 28 heavy (non-hydrogen) atoms. The monoisotopic (exact) mass is 399 g/mol. The van der Waals surface area contributed by atoms with Gasteiger partial charge in [-0.15, -0.1) is 0 Å². The summed E-state index contributed by atoms with van der Waals surface area (Å²) in [5, 5.41) is 0. The van der Waals surface area contributed by atoms with Gasteiger partial charge >= 0.3 is 5.97 Å². The van der Waals surface area contributed by atoms with Crippen LogP contribution in [0, 0.1) is 5.82 Å². The standard InChI is InChI=1S/C21H18FNO4S/c1-27-21(24)17-9-7-16(8-10-17)15-23(19-5-3-2-4-6-19)28(25,26)20-13-11-18(22)12-14-20/h2-14H,15H2,1H3. The molecule has 5 nitrogen and oxygen atoms in total. The number of nitrogens with zero attached hydrogens (tertiary/aromatic N) is 1. The van der Waals surface area contributed by atoms with Gasteiger partial charge in [0.2, 0.25) is 0 Å². The smallest absolute Gasteiger partial charge is 0.337 e. The molecule has 0 atom stereocenters. The molecular weight excluding hydrogens is 381 g/mol. The Hall–Kier alpha value is -3.19. The lowest BCUT2D eigenvalue weighted by Gasteiger charge is -2.25. The van der Waals surface area contributed by atoms with Crippen LogP contribution in [0.4, 0.5) is 10.1 Å². The molecule has 0 unspecified atom stereocenters. The topological polar surface area (TPSA) is 63.7 Å². The zero-order valence-electron chi connectivity index (χ0n) is 15.1. The summed E-state index contributed by atoms with van der Waals surface area (Å²) in [6.45, 7) is 0.0468. The lowest BCUT2D eigenvalue weighted by molar-refractivity contribution is 0.0600. The van der Waals surface area contributed by atoms with E-state index in [1.165, 1.54) is 23.5 Å². The molecule has 3 aromatic rings. The number of methoxy groups -OCH3 is 1. The van der Waals surface area contributed by atoms with Gasteiger partial charge in [-0.1, -0.05) is 30.3 Å². The van der Waals surface area contributed by atoms with Crippen LogP contribution in [0.1, 0.15) is 15.9 Å². The van der Waals surface area contributed by atoms with E-state index < -0.39 is 21.8 Å². The van der Waals surface area contributed by atoms with Crippen molar-refractivity contribution in [3.05, 3.63) is 95.8 Å². The quantitative estimate of drug-likeness (QED) is 0.588. The van der Waals surface area contributed by atoms with Crippen LogP contribution in [-0.4, -0.2) is 21.5 Å². The van der Waals surface area contributed by atoms with Crippen LogP contribution >= 0.6 is 0 Å². The van der Waals surface area contributed by atoms with Gasteiger partial charge in [0.05, 0.1) is 29.8 Å². The summed E-state index contributed by atoms with van der Waals surface area (Å²) < 4.78 is 45.5. The first-order chi connectivity index (χ1) is 13.4. The van der Waals surface area contributed by atoms with E-state index in [9.17, 15) is 17.6 Å². The first-order valence-corrected chi connectivity index (χ1v) is 9.86. The Morgan fingerprint density at radius 3 is 2.11 bits per heavy atom. The van der Waals surface area contributed by atoms with Gasteiger partial charge in [-0.3, -0.25) is 4.31 Å². The van der Waals surface area contributed by atoms with Crippen LogP contribution in [0.5, 0.6) is 0 Å². The van der Waals surface area contributed by atoms with E-state index in [2.05, 4.69) is 4.74 Å². The number of halogens is 1. The number of ether oxygens (including phenoxy) is 1. The van der Waals surface area contributed by atoms with Crippen molar-refractivity contribution in [1.29, 1.82) is 0 Å². The summed E-state index contributed by atoms with van der Waals surface area (Å²) in [6, 6.07) is 19.8. The average Bonchev–Trinajstić information content (AvgIpc) is 2.72. The normalized spacial score (nSPS) is 11.1. The zero-order valence-corrected chi connectivity index (χ0v) is 15.9. The van der Waals surface area contributed by atoms with E-state index in [0.717, 1.165) is 12.1 Å². The van der Waals surface area contributed by atoms with Gasteiger partial charge in [-0.2, -0.15) is 0 Å². The zero-order chi connectivity index (χ0) is 20.1. The number of sulfonamides is 1. The lowest BCUT2D eigenvalue weighted by atomic mass is 10.1. The predicted octanol–water partition coefficient (Wildman–Crippen LogP) is 4.01. The number of esters is 1. The highest BCUT2D eigenvalue weighted by Gasteiger charge is 2.25. The summed E-state index contributed by atoms with van der Waals surface area (Å²) in [4.78, 5) is 11.6. The second-order valence-electron chi connectivity index (χ2n) is 5.99. The summed E-state index contributed by atoms with van der Waals surface area (Å²) >= 11 is 0. The predicted molar refractivity (Wildman–Crippen MR) is 104 cm³/mol. The molecule has 0 aliphatic heterocycles. The van der Waals surface area contributed by atoms with Crippen LogP contribution < -0.4 is 4.31 Å². The fourth-order valence-electron chi connectivity index (χ4n) is 2.67. The molecule has 0 radical (unpaired) electrons. The largest absolute Gasteiger partial charge is 0.465 e. The van der Waals surface area contributed by atoms with Gasteiger partial charge in [0.15, 0.2) is 0 Å². The highest BCUT2D eigenvalue weighted by atomic mass is 32.2. The van der Waals surface area contributed by atoms with Crippen molar-refractivity contribution >= 4 is 21.7 Å². The van der Waals surface area contributed by atoms with Crippen molar-refractivity contribution in [2.24, 2.45) is 0 Å². The molecular formula is C21H18FNO4S. The van der Waals surface area contributed by atoms with E-state index >= 15 is 0 Å². The molecule has 0 bridgehead atoms. The van der Waals surface area contributed by atoms with Crippen LogP contribution in [0.15, 0.2) is 83.8 Å². The molecule has 0 saturated carbocycles. The van der Waals surface area contributed by atoms with Crippen LogP contribution in [0.2, 0.25) is 0 Å². The third-order valence-electron chi connectivity index (χ3n) is 4.15. The molecule has 0 N–H and O–H groups in total. The van der Waals surface area contributed by atoms with Crippen molar-refractivity contribution in [1.82, 2.24) is 0 Å². The number of benzene rings is 3. The number of hydrogen-bond acceptors (Lipinski definition) is 4. The molecule has 0 saturated heterocycles. The third kappa shape index (κ3) is 4.20. The minimum Gasteiger partial charge on any atom is -0.465 e. The number of anilines is 1. The highest BCUT2D eigenvalue weighted by molar-refractivity contribution is 7.92. The van der Waals surface area contributed by atoms with Gasteiger partial charge in [0.25, 0.3) is 10.0 Å². The molecule has 0 heterocycles. The van der Waals surface area contributed by atoms with E-state index in [4.69, 9.17) is 0 Å². The maximum atomic E-state index is 13.2. The van der Waals surface area contributed by atoms with Gasteiger partial charge in [-0.25, -0.2) is 17.6 Å². The molecule has 0 aliphatic carbocycles. The molecule has 0 spiro atoms. The summed E-state index contributed by atoms with van der Waals surface area (Å²) in [5.41, 5.74) is 1.53. The number of para-hydroxylation sites is 1. The maximum absolute atomic E-state index is 13.2. The van der Waals surface area contributed by atoms with Gasteiger partial charge in [-0.05, 0) is 54.1 Å². The van der Waals surface area contributed by atoms with Crippen LogP contribution in [-0.2, 0) is 21.3 Å². The van der Waals surface area contributed by atoms with Crippen molar-refractivity contribution in [2.75, 3.05) is 11.4 Å². The van der Waals surface area contributed by atoms with Crippen LogP contribution in [0.3, 0.4) is 0 Å². The molecule has 0 amide bonds. The van der Waals surface area contributed by atoms with Crippen molar-refractivity contribution in [3.8, 4) is 0 Å². The Bertz CT molecular complexity index is 1050. The van der Waals surface area contributed by atoms with E-state index in [1.807, 2.05) is 0 Å². The molecule has 0 aliphatic rings. The molecule has 0 fully saturated rings. The van der Waals surface area contributed by atoms with Crippen molar-refractivity contribution < 1.29 is 22.3 Å². The third-order valence-corrected chi connectivity index (χ3v) is 5.94. The number of hydrogen-bond donors (Lipinski definition) is 0. The SMILES string of the molecule is COC(=O)c1ccc(CN(c2ccccc2)S(=O)(=O)c2ccc(F)cc2)cc1. The minimum atomic E-state index is -3.93. The molecule has 0 aromatic heterocycles. The van der Waals surface area contributed by atoms with Gasteiger partial charge < -0.3 is 4.74 Å². The highest BCUT2D eigenvalue weighted by Crippen LogP contribution is 2.26. The second kappa shape index (κ2) is 8.22. The van der Waals surface area contributed by atoms with E-state index in [-0.39, 0.29) is 11.4 Å². The van der Waals surface area contributed by atoms with Gasteiger partial charge in [0, 0.05) is 0 Å². The summed E-state index contributed by atoms with van der Waals surface area (Å²) in [6.07, 6.45) is 0. The first kappa shape index (κ1) is 19.6. The fourth-order valence-corrected chi connectivity index (χ4v) is 4.13. The Morgan fingerprint density at radius 2 is 1.54 bits per heavy atom. The Labute approximate surface area is 163 Å². The van der Waals surface area contributed by atoms with E-state index in [1.54, 1.807) is 54.6 Å². The average molecular weight is 399 g/mol. The Balaban J connectivity index is 1.98. The Morgan fingerprint density at radius 1 is 0.929 bits per heavy atom. The summed E-state index contributed by atoms with van der Waals surface area (Å²) in [5.74, 6) is -0.978. The van der Waals surface area contributed by atoms with Gasteiger partial charge in [0.1, 0.15) is 5.82 Å². The second-order valence-corrected chi connectivity index (χ2v) is 7.85. The maximum Gasteiger partial charge on any atom is 0.337 e. The van der Waals surface area contributed by atoms with Crippen LogP contribution in [0.25, 0.3) is 0 Å². The Kier molecular flexibility index (Phi) is 5.75.